The van der Waals surface area contributed by atoms with Crippen LogP contribution in [0.25, 0.3) is 0 Å². The van der Waals surface area contributed by atoms with E-state index in [0.29, 0.717) is 16.5 Å². The van der Waals surface area contributed by atoms with Gasteiger partial charge in [0, 0.05) is 18.0 Å². The molecule has 10 heteroatoms. The first kappa shape index (κ1) is 19.3. The van der Waals surface area contributed by atoms with Gasteiger partial charge in [0.15, 0.2) is 6.10 Å². The second-order valence-corrected chi connectivity index (χ2v) is 5.62. The number of rotatable bonds is 6. The molecule has 0 radical (unpaired) electrons. The van der Waals surface area contributed by atoms with Gasteiger partial charge in [-0.3, -0.25) is 23.9 Å². The highest BCUT2D eigenvalue weighted by atomic mass is 35.5. The monoisotopic (exact) mass is 381 g/mol. The summed E-state index contributed by atoms with van der Waals surface area (Å²) >= 11 is 5.97. The third-order valence-electron chi connectivity index (χ3n) is 3.29. The maximum absolute atomic E-state index is 12.1. The Morgan fingerprint density at radius 3 is 2.65 bits per heavy atom. The molecule has 1 aromatic carbocycles. The topological polar surface area (TPSA) is 119 Å². The van der Waals surface area contributed by atoms with Crippen LogP contribution in [0.1, 0.15) is 6.92 Å². The summed E-state index contributed by atoms with van der Waals surface area (Å²) in [6.45, 7) is 0.940. The van der Waals surface area contributed by atoms with Crippen LogP contribution in [0.5, 0.6) is 5.75 Å². The summed E-state index contributed by atoms with van der Waals surface area (Å²) in [5.41, 5.74) is -0.925. The molecule has 0 spiro atoms. The molecule has 1 atom stereocenters. The number of benzene rings is 1. The number of nitrogens with zero attached hydrogens (tertiary/aromatic N) is 1. The van der Waals surface area contributed by atoms with Gasteiger partial charge in [0.05, 0.1) is 12.1 Å². The number of hydrogen-bond donors (Lipinski definition) is 2. The summed E-state index contributed by atoms with van der Waals surface area (Å²) < 4.78 is 11.0. The maximum Gasteiger partial charge on any atom is 0.328 e. The zero-order valence-corrected chi connectivity index (χ0v) is 14.7. The SMILES string of the molecule is COc1ccc(NC(=O)[C@H](C)OC(=O)Cn2ccc(=O)[nH]c2=O)cc1Cl. The van der Waals surface area contributed by atoms with Crippen LogP contribution < -0.4 is 21.3 Å². The van der Waals surface area contributed by atoms with Gasteiger partial charge in [0.25, 0.3) is 11.5 Å². The van der Waals surface area contributed by atoms with E-state index in [0.717, 1.165) is 16.8 Å². The fourth-order valence-corrected chi connectivity index (χ4v) is 2.24. The van der Waals surface area contributed by atoms with Crippen LogP contribution in [0.15, 0.2) is 40.1 Å². The number of amides is 1. The van der Waals surface area contributed by atoms with Gasteiger partial charge in [-0.2, -0.15) is 0 Å². The fourth-order valence-electron chi connectivity index (χ4n) is 1.98. The van der Waals surface area contributed by atoms with Crippen molar-refractivity contribution in [2.45, 2.75) is 19.6 Å². The lowest BCUT2D eigenvalue weighted by molar-refractivity contribution is -0.153. The van der Waals surface area contributed by atoms with Crippen LogP contribution in [-0.4, -0.2) is 34.6 Å². The lowest BCUT2D eigenvalue weighted by atomic mass is 10.3. The molecule has 0 aliphatic heterocycles. The normalized spacial score (nSPS) is 11.5. The van der Waals surface area contributed by atoms with E-state index in [9.17, 15) is 19.2 Å². The van der Waals surface area contributed by atoms with Crippen molar-refractivity contribution in [3.8, 4) is 5.75 Å². The van der Waals surface area contributed by atoms with Gasteiger partial charge in [0.2, 0.25) is 0 Å². The molecule has 0 aliphatic rings. The minimum absolute atomic E-state index is 0.312. The number of aromatic amines is 1. The van der Waals surface area contributed by atoms with Crippen molar-refractivity contribution in [1.82, 2.24) is 9.55 Å². The Kier molecular flexibility index (Phi) is 6.18. The van der Waals surface area contributed by atoms with Crippen molar-refractivity contribution in [2.24, 2.45) is 0 Å². The van der Waals surface area contributed by atoms with E-state index in [4.69, 9.17) is 21.1 Å². The van der Waals surface area contributed by atoms with Gasteiger partial charge < -0.3 is 14.8 Å². The van der Waals surface area contributed by atoms with Crippen molar-refractivity contribution in [1.29, 1.82) is 0 Å². The largest absolute Gasteiger partial charge is 0.495 e. The standard InChI is InChI=1S/C16H16ClN3O6/c1-9(15(23)18-10-3-4-12(25-2)11(17)7-10)26-14(22)8-20-6-5-13(21)19-16(20)24/h3-7,9H,8H2,1-2H3,(H,18,23)(H,19,21,24)/t9-/m0/s1. The number of carbonyl (C=O) groups is 2. The number of H-pyrrole nitrogens is 1. The van der Waals surface area contributed by atoms with E-state index in [1.54, 1.807) is 12.1 Å². The molecule has 9 nitrogen and oxygen atoms in total. The molecule has 2 rings (SSSR count). The van der Waals surface area contributed by atoms with Crippen LogP contribution in [0.2, 0.25) is 5.02 Å². The smallest absolute Gasteiger partial charge is 0.328 e. The predicted octanol–water partition coefficient (Wildman–Crippen LogP) is 0.769. The molecule has 0 fully saturated rings. The number of ether oxygens (including phenoxy) is 2. The van der Waals surface area contributed by atoms with E-state index in [-0.39, 0.29) is 0 Å². The van der Waals surface area contributed by atoms with Crippen LogP contribution in [0, 0.1) is 0 Å². The van der Waals surface area contributed by atoms with Gasteiger partial charge in [-0.05, 0) is 25.1 Å². The zero-order valence-electron chi connectivity index (χ0n) is 13.9. The lowest BCUT2D eigenvalue weighted by Crippen LogP contribution is -2.34. The molecule has 0 saturated heterocycles. The molecule has 2 aromatic rings. The van der Waals surface area contributed by atoms with Crippen molar-refractivity contribution >= 4 is 29.2 Å². The molecule has 2 N–H and O–H groups in total. The average Bonchev–Trinajstić information content (AvgIpc) is 2.57. The molecule has 0 unspecified atom stereocenters. The van der Waals surface area contributed by atoms with Crippen LogP contribution in [0.3, 0.4) is 0 Å². The number of halogens is 1. The molecular weight excluding hydrogens is 366 g/mol. The molecule has 1 aromatic heterocycles. The first-order valence-corrected chi connectivity index (χ1v) is 7.81. The van der Waals surface area contributed by atoms with E-state index in [1.165, 1.54) is 20.1 Å². The van der Waals surface area contributed by atoms with Gasteiger partial charge in [0.1, 0.15) is 12.3 Å². The second-order valence-electron chi connectivity index (χ2n) is 5.21. The highest BCUT2D eigenvalue weighted by Gasteiger charge is 2.19. The number of nitrogens with one attached hydrogen (secondary N) is 2. The molecule has 26 heavy (non-hydrogen) atoms. The fraction of sp³-hybridized carbons (Fsp3) is 0.250. The molecule has 0 aliphatic carbocycles. The van der Waals surface area contributed by atoms with Crippen molar-refractivity contribution in [2.75, 3.05) is 12.4 Å². The molecule has 0 bridgehead atoms. The second kappa shape index (κ2) is 8.34. The Hall–Kier alpha value is -3.07. The highest BCUT2D eigenvalue weighted by molar-refractivity contribution is 6.32. The van der Waals surface area contributed by atoms with Crippen LogP contribution in [-0.2, 0) is 20.9 Å². The highest BCUT2D eigenvalue weighted by Crippen LogP contribution is 2.27. The Labute approximate surface area is 152 Å². The van der Waals surface area contributed by atoms with E-state index in [1.807, 2.05) is 4.98 Å². The number of methoxy groups -OCH3 is 1. The summed E-state index contributed by atoms with van der Waals surface area (Å²) in [7, 11) is 1.47. The summed E-state index contributed by atoms with van der Waals surface area (Å²) in [6.07, 6.45) is 0.0498. The Bertz CT molecular complexity index is 936. The quantitative estimate of drug-likeness (QED) is 0.713. The summed E-state index contributed by atoms with van der Waals surface area (Å²) in [6, 6.07) is 5.75. The van der Waals surface area contributed by atoms with E-state index in [2.05, 4.69) is 5.32 Å². The lowest BCUT2D eigenvalue weighted by Gasteiger charge is -2.14. The number of esters is 1. The van der Waals surface area contributed by atoms with Crippen molar-refractivity contribution < 1.29 is 19.1 Å². The number of carbonyl (C=O) groups excluding carboxylic acids is 2. The molecular formula is C16H16ClN3O6. The molecule has 1 amide bonds. The van der Waals surface area contributed by atoms with E-state index < -0.39 is 35.8 Å². The minimum Gasteiger partial charge on any atom is -0.495 e. The average molecular weight is 382 g/mol. The molecule has 1 heterocycles. The van der Waals surface area contributed by atoms with Crippen LogP contribution >= 0.6 is 11.6 Å². The van der Waals surface area contributed by atoms with Gasteiger partial charge in [-0.15, -0.1) is 0 Å². The summed E-state index contributed by atoms with van der Waals surface area (Å²) in [5, 5.41) is 2.86. The summed E-state index contributed by atoms with van der Waals surface area (Å²) in [4.78, 5) is 48.5. The number of anilines is 1. The summed E-state index contributed by atoms with van der Waals surface area (Å²) in [5.74, 6) is -0.932. The number of hydrogen-bond acceptors (Lipinski definition) is 6. The predicted molar refractivity (Wildman–Crippen MR) is 93.5 cm³/mol. The van der Waals surface area contributed by atoms with Crippen molar-refractivity contribution in [3.63, 3.8) is 0 Å². The third kappa shape index (κ3) is 4.96. The minimum atomic E-state index is -1.11. The number of aromatic nitrogens is 2. The van der Waals surface area contributed by atoms with Gasteiger partial charge in [-0.25, -0.2) is 4.79 Å². The molecule has 0 saturated carbocycles. The van der Waals surface area contributed by atoms with E-state index >= 15 is 0 Å². The third-order valence-corrected chi connectivity index (χ3v) is 3.59. The van der Waals surface area contributed by atoms with Crippen molar-refractivity contribution in [3.05, 3.63) is 56.3 Å². The van der Waals surface area contributed by atoms with Gasteiger partial charge >= 0.3 is 11.7 Å². The molecule has 138 valence electrons. The Morgan fingerprint density at radius 1 is 1.31 bits per heavy atom. The Morgan fingerprint density at radius 2 is 2.04 bits per heavy atom. The van der Waals surface area contributed by atoms with Gasteiger partial charge in [-0.1, -0.05) is 11.6 Å². The zero-order chi connectivity index (χ0) is 19.3. The van der Waals surface area contributed by atoms with Crippen LogP contribution in [0.4, 0.5) is 5.69 Å². The first-order valence-electron chi connectivity index (χ1n) is 7.44. The first-order chi connectivity index (χ1) is 12.3. The maximum atomic E-state index is 12.1. The Balaban J connectivity index is 1.95.